The Morgan fingerprint density at radius 1 is 1.35 bits per heavy atom. The van der Waals surface area contributed by atoms with Crippen molar-refractivity contribution < 1.29 is 13.7 Å². The average molecular weight is 279 g/mol. The number of rotatable bonds is 6. The molecule has 0 aliphatic heterocycles. The van der Waals surface area contributed by atoms with Crippen molar-refractivity contribution in [2.45, 2.75) is 32.9 Å². The van der Waals surface area contributed by atoms with Gasteiger partial charge in [0.15, 0.2) is 6.61 Å². The van der Waals surface area contributed by atoms with Crippen LogP contribution in [-0.4, -0.2) is 17.2 Å². The molecule has 0 saturated heterocycles. The lowest BCUT2D eigenvalue weighted by molar-refractivity contribution is 0.283. The maximum Gasteiger partial charge on any atom is 0.229 e. The van der Waals surface area contributed by atoms with Gasteiger partial charge < -0.3 is 14.6 Å². The SMILES string of the molecule is CNCc1cc(F)cc(OCc2noc(C(C)C)n2)c1. The van der Waals surface area contributed by atoms with Gasteiger partial charge in [-0.1, -0.05) is 19.0 Å². The first kappa shape index (κ1) is 14.5. The zero-order valence-corrected chi connectivity index (χ0v) is 11.8. The molecule has 0 aliphatic rings. The molecular formula is C14H18FN3O2. The first-order valence-corrected chi connectivity index (χ1v) is 6.48. The fraction of sp³-hybridized carbons (Fsp3) is 0.429. The second-order valence-electron chi connectivity index (χ2n) is 4.82. The van der Waals surface area contributed by atoms with Crippen LogP contribution in [0.4, 0.5) is 4.39 Å². The van der Waals surface area contributed by atoms with Gasteiger partial charge in [0.2, 0.25) is 11.7 Å². The number of hydrogen-bond acceptors (Lipinski definition) is 5. The van der Waals surface area contributed by atoms with Crippen LogP contribution in [0.5, 0.6) is 5.75 Å². The first-order valence-electron chi connectivity index (χ1n) is 6.48. The van der Waals surface area contributed by atoms with E-state index in [2.05, 4.69) is 15.5 Å². The third-order valence-electron chi connectivity index (χ3n) is 2.66. The highest BCUT2D eigenvalue weighted by atomic mass is 19.1. The van der Waals surface area contributed by atoms with Gasteiger partial charge >= 0.3 is 0 Å². The highest BCUT2D eigenvalue weighted by molar-refractivity contribution is 5.29. The molecule has 0 unspecified atom stereocenters. The standard InChI is InChI=1S/C14H18FN3O2/c1-9(2)14-17-13(18-20-14)8-19-12-5-10(7-16-3)4-11(15)6-12/h4-6,9,16H,7-8H2,1-3H3. The number of nitrogens with one attached hydrogen (secondary N) is 1. The quantitative estimate of drug-likeness (QED) is 0.880. The van der Waals surface area contributed by atoms with Crippen LogP contribution in [0, 0.1) is 5.82 Å². The molecule has 1 N–H and O–H groups in total. The predicted octanol–water partition coefficient (Wildman–Crippen LogP) is 2.63. The Morgan fingerprint density at radius 3 is 2.80 bits per heavy atom. The van der Waals surface area contributed by atoms with E-state index in [1.807, 2.05) is 13.8 Å². The molecule has 0 atom stereocenters. The molecule has 1 aromatic carbocycles. The summed E-state index contributed by atoms with van der Waals surface area (Å²) in [5, 5.41) is 6.78. The Morgan fingerprint density at radius 2 is 2.15 bits per heavy atom. The van der Waals surface area contributed by atoms with E-state index in [0.29, 0.717) is 24.0 Å². The maximum atomic E-state index is 13.4. The van der Waals surface area contributed by atoms with Crippen LogP contribution in [0.25, 0.3) is 0 Å². The van der Waals surface area contributed by atoms with Gasteiger partial charge in [0.1, 0.15) is 11.6 Å². The van der Waals surface area contributed by atoms with Crippen molar-refractivity contribution in [3.63, 3.8) is 0 Å². The molecule has 0 spiro atoms. The van der Waals surface area contributed by atoms with E-state index in [4.69, 9.17) is 9.26 Å². The van der Waals surface area contributed by atoms with E-state index in [-0.39, 0.29) is 18.3 Å². The number of halogens is 1. The fourth-order valence-corrected chi connectivity index (χ4v) is 1.72. The van der Waals surface area contributed by atoms with E-state index in [9.17, 15) is 4.39 Å². The minimum absolute atomic E-state index is 0.151. The molecule has 20 heavy (non-hydrogen) atoms. The normalized spacial score (nSPS) is 11.1. The van der Waals surface area contributed by atoms with Crippen molar-refractivity contribution in [3.05, 3.63) is 41.3 Å². The molecule has 108 valence electrons. The smallest absolute Gasteiger partial charge is 0.229 e. The van der Waals surface area contributed by atoms with Gasteiger partial charge in [-0.3, -0.25) is 0 Å². The van der Waals surface area contributed by atoms with E-state index in [1.54, 1.807) is 13.1 Å². The van der Waals surface area contributed by atoms with Crippen LogP contribution in [-0.2, 0) is 13.2 Å². The summed E-state index contributed by atoms with van der Waals surface area (Å²) in [6.07, 6.45) is 0. The molecular weight excluding hydrogens is 261 g/mol. The summed E-state index contributed by atoms with van der Waals surface area (Å²) in [4.78, 5) is 4.20. The molecule has 0 saturated carbocycles. The lowest BCUT2D eigenvalue weighted by Gasteiger charge is -2.06. The van der Waals surface area contributed by atoms with E-state index < -0.39 is 0 Å². The molecule has 1 heterocycles. The number of aromatic nitrogens is 2. The molecule has 1 aromatic heterocycles. The Bertz CT molecular complexity index is 569. The summed E-state index contributed by atoms with van der Waals surface area (Å²) in [5.41, 5.74) is 0.818. The second kappa shape index (κ2) is 6.47. The number of hydrogen-bond donors (Lipinski definition) is 1. The third kappa shape index (κ3) is 3.77. The maximum absolute atomic E-state index is 13.4. The third-order valence-corrected chi connectivity index (χ3v) is 2.66. The molecule has 0 radical (unpaired) electrons. The van der Waals surface area contributed by atoms with Crippen molar-refractivity contribution >= 4 is 0 Å². The average Bonchev–Trinajstić information content (AvgIpc) is 2.85. The van der Waals surface area contributed by atoms with E-state index in [1.165, 1.54) is 12.1 Å². The molecule has 0 fully saturated rings. The predicted molar refractivity (Wildman–Crippen MR) is 71.9 cm³/mol. The second-order valence-corrected chi connectivity index (χ2v) is 4.82. The summed E-state index contributed by atoms with van der Waals surface area (Å²) in [5.74, 6) is 1.31. The summed E-state index contributed by atoms with van der Waals surface area (Å²) >= 11 is 0. The summed E-state index contributed by atoms with van der Waals surface area (Å²) < 4.78 is 24.0. The Labute approximate surface area is 117 Å². The minimum atomic E-state index is -0.330. The lowest BCUT2D eigenvalue weighted by Crippen LogP contribution is -2.06. The molecule has 2 rings (SSSR count). The van der Waals surface area contributed by atoms with Crippen LogP contribution in [0.15, 0.2) is 22.7 Å². The topological polar surface area (TPSA) is 60.2 Å². The minimum Gasteiger partial charge on any atom is -0.485 e. The van der Waals surface area contributed by atoms with Crippen LogP contribution in [0.3, 0.4) is 0 Å². The first-order chi connectivity index (χ1) is 9.58. The van der Waals surface area contributed by atoms with Crippen LogP contribution < -0.4 is 10.1 Å². The van der Waals surface area contributed by atoms with Crippen LogP contribution >= 0.6 is 0 Å². The molecule has 0 amide bonds. The number of benzene rings is 1. The Balaban J connectivity index is 2.02. The Kier molecular flexibility index (Phi) is 4.68. The summed E-state index contributed by atoms with van der Waals surface area (Å²) in [6, 6.07) is 4.58. The van der Waals surface area contributed by atoms with Crippen molar-refractivity contribution in [1.82, 2.24) is 15.5 Å². The van der Waals surface area contributed by atoms with Gasteiger partial charge in [-0.25, -0.2) is 4.39 Å². The van der Waals surface area contributed by atoms with E-state index in [0.717, 1.165) is 5.56 Å². The zero-order chi connectivity index (χ0) is 14.5. The summed E-state index contributed by atoms with van der Waals surface area (Å²) in [7, 11) is 1.80. The van der Waals surface area contributed by atoms with Crippen molar-refractivity contribution in [1.29, 1.82) is 0 Å². The van der Waals surface area contributed by atoms with E-state index >= 15 is 0 Å². The number of ether oxygens (including phenoxy) is 1. The monoisotopic (exact) mass is 279 g/mol. The van der Waals surface area contributed by atoms with Gasteiger partial charge in [-0.05, 0) is 24.7 Å². The Hall–Kier alpha value is -1.95. The summed E-state index contributed by atoms with van der Waals surface area (Å²) in [6.45, 7) is 4.66. The molecule has 5 nitrogen and oxygen atoms in total. The largest absolute Gasteiger partial charge is 0.485 e. The molecule has 2 aromatic rings. The van der Waals surface area contributed by atoms with Gasteiger partial charge in [0, 0.05) is 18.5 Å². The fourth-order valence-electron chi connectivity index (χ4n) is 1.72. The van der Waals surface area contributed by atoms with Gasteiger partial charge in [-0.2, -0.15) is 4.98 Å². The van der Waals surface area contributed by atoms with Crippen LogP contribution in [0.1, 0.15) is 37.0 Å². The highest BCUT2D eigenvalue weighted by Gasteiger charge is 2.10. The highest BCUT2D eigenvalue weighted by Crippen LogP contribution is 2.18. The van der Waals surface area contributed by atoms with Crippen molar-refractivity contribution in [3.8, 4) is 5.75 Å². The molecule has 0 bridgehead atoms. The van der Waals surface area contributed by atoms with Gasteiger partial charge in [-0.15, -0.1) is 0 Å². The van der Waals surface area contributed by atoms with Crippen LogP contribution in [0.2, 0.25) is 0 Å². The van der Waals surface area contributed by atoms with Gasteiger partial charge in [0.05, 0.1) is 0 Å². The zero-order valence-electron chi connectivity index (χ0n) is 11.8. The van der Waals surface area contributed by atoms with Crippen molar-refractivity contribution in [2.75, 3.05) is 7.05 Å². The van der Waals surface area contributed by atoms with Crippen molar-refractivity contribution in [2.24, 2.45) is 0 Å². The molecule has 6 heteroatoms. The van der Waals surface area contributed by atoms with Gasteiger partial charge in [0.25, 0.3) is 0 Å². The molecule has 0 aliphatic carbocycles. The number of nitrogens with zero attached hydrogens (tertiary/aromatic N) is 2. The lowest BCUT2D eigenvalue weighted by atomic mass is 10.2.